The number of amides is 1. The van der Waals surface area contributed by atoms with Crippen LogP contribution in [0.3, 0.4) is 0 Å². The highest BCUT2D eigenvalue weighted by Gasteiger charge is 2.17. The Balaban J connectivity index is 1.74. The van der Waals surface area contributed by atoms with Crippen molar-refractivity contribution in [3.05, 3.63) is 65.0 Å². The van der Waals surface area contributed by atoms with Crippen molar-refractivity contribution in [1.82, 2.24) is 20.3 Å². The highest BCUT2D eigenvalue weighted by atomic mass is 16.5. The van der Waals surface area contributed by atoms with Crippen LogP contribution in [-0.4, -0.2) is 35.1 Å². The van der Waals surface area contributed by atoms with Crippen LogP contribution in [0.2, 0.25) is 0 Å². The van der Waals surface area contributed by atoms with Gasteiger partial charge in [0.15, 0.2) is 17.2 Å². The second-order valence-electron chi connectivity index (χ2n) is 6.63. The highest BCUT2D eigenvalue weighted by molar-refractivity contribution is 5.92. The molecule has 28 heavy (non-hydrogen) atoms. The van der Waals surface area contributed by atoms with Gasteiger partial charge >= 0.3 is 0 Å². The molecule has 7 nitrogen and oxygen atoms in total. The number of ether oxygens (including phenoxy) is 2. The van der Waals surface area contributed by atoms with E-state index in [4.69, 9.17) is 9.47 Å². The molecule has 0 fully saturated rings. The number of rotatable bonds is 6. The van der Waals surface area contributed by atoms with Gasteiger partial charge in [0, 0.05) is 0 Å². The summed E-state index contributed by atoms with van der Waals surface area (Å²) in [6.07, 6.45) is 1.63. The zero-order chi connectivity index (χ0) is 20.3. The molecule has 0 radical (unpaired) electrons. The molecule has 0 saturated heterocycles. The monoisotopic (exact) mass is 380 g/mol. The third-order valence-corrected chi connectivity index (χ3v) is 4.74. The number of aryl methyl sites for hydroxylation is 2. The average Bonchev–Trinajstić information content (AvgIpc) is 3.19. The fourth-order valence-electron chi connectivity index (χ4n) is 2.84. The molecular weight excluding hydrogens is 356 g/mol. The van der Waals surface area contributed by atoms with E-state index in [0.717, 1.165) is 16.8 Å². The van der Waals surface area contributed by atoms with Crippen LogP contribution in [0.15, 0.2) is 42.6 Å². The smallest absolute Gasteiger partial charge is 0.273 e. The van der Waals surface area contributed by atoms with E-state index in [1.54, 1.807) is 25.1 Å². The molecule has 1 N–H and O–H groups in total. The van der Waals surface area contributed by atoms with E-state index in [0.29, 0.717) is 11.5 Å². The molecule has 7 heteroatoms. The topological polar surface area (TPSA) is 78.3 Å². The van der Waals surface area contributed by atoms with Gasteiger partial charge in [-0.2, -0.15) is 0 Å². The Bertz CT molecular complexity index is 997. The number of hydrogen-bond donors (Lipinski definition) is 1. The summed E-state index contributed by atoms with van der Waals surface area (Å²) in [4.78, 5) is 12.6. The van der Waals surface area contributed by atoms with Crippen molar-refractivity contribution < 1.29 is 14.3 Å². The van der Waals surface area contributed by atoms with Gasteiger partial charge in [0.1, 0.15) is 0 Å². The summed E-state index contributed by atoms with van der Waals surface area (Å²) in [6.45, 7) is 5.98. The molecule has 0 aliphatic heterocycles. The molecule has 3 rings (SSSR count). The van der Waals surface area contributed by atoms with Gasteiger partial charge in [-0.3, -0.25) is 4.79 Å². The lowest BCUT2D eigenvalue weighted by molar-refractivity contribution is 0.0934. The van der Waals surface area contributed by atoms with Crippen molar-refractivity contribution in [2.24, 2.45) is 0 Å². The fraction of sp³-hybridized carbons (Fsp3) is 0.286. The van der Waals surface area contributed by atoms with Crippen molar-refractivity contribution in [2.45, 2.75) is 26.8 Å². The van der Waals surface area contributed by atoms with Crippen molar-refractivity contribution in [3.63, 3.8) is 0 Å². The highest BCUT2D eigenvalue weighted by Crippen LogP contribution is 2.29. The lowest BCUT2D eigenvalue weighted by Crippen LogP contribution is -2.27. The Morgan fingerprint density at radius 2 is 1.79 bits per heavy atom. The average molecular weight is 380 g/mol. The van der Waals surface area contributed by atoms with E-state index >= 15 is 0 Å². The second kappa shape index (κ2) is 8.12. The lowest BCUT2D eigenvalue weighted by Gasteiger charge is -2.15. The maximum Gasteiger partial charge on any atom is 0.273 e. The van der Waals surface area contributed by atoms with E-state index in [9.17, 15) is 4.79 Å². The Morgan fingerprint density at radius 3 is 2.46 bits per heavy atom. The van der Waals surface area contributed by atoms with Gasteiger partial charge in [-0.05, 0) is 61.7 Å². The Kier molecular flexibility index (Phi) is 5.63. The van der Waals surface area contributed by atoms with Crippen LogP contribution in [0.1, 0.15) is 40.1 Å². The molecule has 1 unspecified atom stereocenters. The number of nitrogens with zero attached hydrogens (tertiary/aromatic N) is 3. The summed E-state index contributed by atoms with van der Waals surface area (Å²) in [6, 6.07) is 11.3. The molecule has 1 heterocycles. The minimum Gasteiger partial charge on any atom is -0.493 e. The summed E-state index contributed by atoms with van der Waals surface area (Å²) in [5.74, 6) is 0.959. The van der Waals surface area contributed by atoms with E-state index in [2.05, 4.69) is 22.6 Å². The number of methoxy groups -OCH3 is 2. The van der Waals surface area contributed by atoms with E-state index in [1.807, 2.05) is 50.2 Å². The van der Waals surface area contributed by atoms with Gasteiger partial charge < -0.3 is 14.8 Å². The first-order chi connectivity index (χ1) is 13.4. The summed E-state index contributed by atoms with van der Waals surface area (Å²) in [5.41, 5.74) is 4.37. The predicted octanol–water partition coefficient (Wildman–Crippen LogP) is 3.39. The van der Waals surface area contributed by atoms with Crippen molar-refractivity contribution in [1.29, 1.82) is 0 Å². The zero-order valence-electron chi connectivity index (χ0n) is 16.7. The number of benzene rings is 2. The summed E-state index contributed by atoms with van der Waals surface area (Å²) in [5, 5.41) is 11.0. The third kappa shape index (κ3) is 3.98. The first-order valence-corrected chi connectivity index (χ1v) is 8.95. The van der Waals surface area contributed by atoms with Crippen LogP contribution in [0.4, 0.5) is 0 Å². The molecule has 0 spiro atoms. The summed E-state index contributed by atoms with van der Waals surface area (Å²) < 4.78 is 12.2. The Morgan fingerprint density at radius 1 is 1.04 bits per heavy atom. The molecule has 2 aromatic carbocycles. The minimum absolute atomic E-state index is 0.237. The predicted molar refractivity (Wildman–Crippen MR) is 106 cm³/mol. The van der Waals surface area contributed by atoms with Crippen LogP contribution in [-0.2, 0) is 0 Å². The fourth-order valence-corrected chi connectivity index (χ4v) is 2.84. The van der Waals surface area contributed by atoms with E-state index in [-0.39, 0.29) is 17.6 Å². The van der Waals surface area contributed by atoms with Crippen molar-refractivity contribution in [3.8, 4) is 17.2 Å². The Labute approximate surface area is 164 Å². The minimum atomic E-state index is -0.294. The largest absolute Gasteiger partial charge is 0.493 e. The maximum atomic E-state index is 12.6. The van der Waals surface area contributed by atoms with Gasteiger partial charge in [-0.1, -0.05) is 17.3 Å². The Hall–Kier alpha value is -3.35. The number of aromatic nitrogens is 3. The van der Waals surface area contributed by atoms with E-state index < -0.39 is 0 Å². The maximum absolute atomic E-state index is 12.6. The first-order valence-electron chi connectivity index (χ1n) is 8.95. The van der Waals surface area contributed by atoms with Gasteiger partial charge in [-0.15, -0.1) is 5.10 Å². The second-order valence-corrected chi connectivity index (χ2v) is 6.63. The molecule has 146 valence electrons. The van der Waals surface area contributed by atoms with Crippen molar-refractivity contribution in [2.75, 3.05) is 14.2 Å². The molecule has 0 bridgehead atoms. The molecule has 1 atom stereocenters. The first kappa shape index (κ1) is 19.4. The molecule has 0 aliphatic rings. The van der Waals surface area contributed by atoms with Gasteiger partial charge in [0.05, 0.1) is 32.1 Å². The molecular formula is C21H24N4O3. The summed E-state index contributed by atoms with van der Waals surface area (Å²) >= 11 is 0. The van der Waals surface area contributed by atoms with Crippen LogP contribution in [0, 0.1) is 13.8 Å². The zero-order valence-corrected chi connectivity index (χ0v) is 16.7. The van der Waals surface area contributed by atoms with Crippen LogP contribution >= 0.6 is 0 Å². The van der Waals surface area contributed by atoms with Gasteiger partial charge in [0.25, 0.3) is 5.91 Å². The SMILES string of the molecule is COc1ccc(C(C)NC(=O)c2cn(-c3ccc(C)c(C)c3)nn2)cc1OC. The molecule has 0 aliphatic carbocycles. The van der Waals surface area contributed by atoms with E-state index in [1.165, 1.54) is 5.56 Å². The number of carbonyl (C=O) groups excluding carboxylic acids is 1. The van der Waals surface area contributed by atoms with Crippen LogP contribution < -0.4 is 14.8 Å². The quantitative estimate of drug-likeness (QED) is 0.709. The van der Waals surface area contributed by atoms with Crippen LogP contribution in [0.25, 0.3) is 5.69 Å². The number of nitrogens with one attached hydrogen (secondary N) is 1. The van der Waals surface area contributed by atoms with Gasteiger partial charge in [-0.25, -0.2) is 4.68 Å². The normalized spacial score (nSPS) is 11.8. The number of hydrogen-bond acceptors (Lipinski definition) is 5. The molecule has 0 saturated carbocycles. The van der Waals surface area contributed by atoms with Crippen LogP contribution in [0.5, 0.6) is 11.5 Å². The third-order valence-electron chi connectivity index (χ3n) is 4.74. The number of carbonyl (C=O) groups is 1. The molecule has 1 aromatic heterocycles. The standard InChI is InChI=1S/C21H24N4O3/c1-13-6-8-17(10-14(13)2)25-12-18(23-24-25)21(26)22-15(3)16-7-9-19(27-4)20(11-16)28-5/h6-12,15H,1-5H3,(H,22,26). The van der Waals surface area contributed by atoms with Gasteiger partial charge in [0.2, 0.25) is 0 Å². The molecule has 1 amide bonds. The van der Waals surface area contributed by atoms with Crippen molar-refractivity contribution >= 4 is 5.91 Å². The molecule has 3 aromatic rings. The lowest BCUT2D eigenvalue weighted by atomic mass is 10.1. The summed E-state index contributed by atoms with van der Waals surface area (Å²) in [7, 11) is 3.16.